The van der Waals surface area contributed by atoms with Crippen molar-refractivity contribution in [2.24, 2.45) is 0 Å². The molecule has 3 heteroatoms. The topological polar surface area (TPSA) is 21.3 Å². The minimum absolute atomic E-state index is 0.0200. The Bertz CT molecular complexity index is 3250. The summed E-state index contributed by atoms with van der Waals surface area (Å²) in [5, 5.41) is 0.563. The van der Waals surface area contributed by atoms with Crippen LogP contribution in [0.1, 0.15) is 12.3 Å². The Morgan fingerprint density at radius 1 is 0.471 bits per heavy atom. The van der Waals surface area contributed by atoms with Gasteiger partial charge in [-0.1, -0.05) is 139 Å². The van der Waals surface area contributed by atoms with Gasteiger partial charge in [-0.3, -0.25) is 0 Å². The molecule has 240 valence electrons. The predicted molar refractivity (Wildman–Crippen MR) is 214 cm³/mol. The zero-order chi connectivity index (χ0) is 41.6. The molecule has 0 aliphatic heterocycles. The third-order valence-corrected chi connectivity index (χ3v) is 9.35. The quantitative estimate of drug-likeness (QED) is 0.177. The number of hydrogen-bond donors (Lipinski definition) is 0. The van der Waals surface area contributed by atoms with Crippen molar-refractivity contribution in [2.75, 3.05) is 4.90 Å². The lowest BCUT2D eigenvalue weighted by atomic mass is 10.0. The second kappa shape index (κ2) is 11.9. The van der Waals surface area contributed by atoms with E-state index in [1.807, 2.05) is 144 Å². The van der Waals surface area contributed by atoms with Gasteiger partial charge in [0.15, 0.2) is 0 Å². The predicted octanol–water partition coefficient (Wildman–Crippen LogP) is 13.5. The van der Waals surface area contributed by atoms with Crippen molar-refractivity contribution in [2.45, 2.75) is 0 Å². The summed E-state index contributed by atoms with van der Waals surface area (Å²) in [4.78, 5) is 1.91. The number of aromatic nitrogens is 1. The number of rotatable bonds is 6. The van der Waals surface area contributed by atoms with Crippen molar-refractivity contribution in [3.63, 3.8) is 0 Å². The summed E-state index contributed by atoms with van der Waals surface area (Å²) in [5.41, 5.74) is 6.36. The first-order chi connectivity index (χ1) is 29.1. The highest BCUT2D eigenvalue weighted by Crippen LogP contribution is 2.49. The summed E-state index contributed by atoms with van der Waals surface area (Å²) in [7, 11) is 0. The fourth-order valence-corrected chi connectivity index (χ4v) is 7.05. The molecule has 8 aromatic carbocycles. The number of anilines is 3. The molecule has 2 aromatic heterocycles. The van der Waals surface area contributed by atoms with E-state index < -0.39 is 30.2 Å². The molecule has 0 spiro atoms. The molecule has 10 rings (SSSR count). The van der Waals surface area contributed by atoms with Crippen molar-refractivity contribution in [3.8, 4) is 27.9 Å². The van der Waals surface area contributed by atoms with Gasteiger partial charge in [0.05, 0.1) is 29.1 Å². The largest absolute Gasteiger partial charge is 0.456 e. The van der Waals surface area contributed by atoms with Crippen LogP contribution in [0.15, 0.2) is 198 Å². The van der Waals surface area contributed by atoms with Gasteiger partial charge in [-0.15, -0.1) is 0 Å². The van der Waals surface area contributed by atoms with Crippen molar-refractivity contribution < 1.29 is 16.8 Å². The Labute approximate surface area is 308 Å². The van der Waals surface area contributed by atoms with Crippen LogP contribution in [0.5, 0.6) is 0 Å². The van der Waals surface area contributed by atoms with Gasteiger partial charge in [0.25, 0.3) is 0 Å². The van der Waals surface area contributed by atoms with Crippen LogP contribution in [0, 0.1) is 0 Å². The minimum atomic E-state index is -0.498. The Balaban J connectivity index is 1.43. The highest BCUT2D eigenvalue weighted by Gasteiger charge is 2.26. The average Bonchev–Trinajstić information content (AvgIpc) is 3.87. The average molecular weight is 662 g/mol. The molecule has 0 aliphatic carbocycles. The Kier molecular flexibility index (Phi) is 4.98. The second-order valence-electron chi connectivity index (χ2n) is 12.3. The van der Waals surface area contributed by atoms with Crippen LogP contribution >= 0.6 is 0 Å². The number of benzene rings is 8. The molecule has 0 aliphatic rings. The Morgan fingerprint density at radius 2 is 0.980 bits per heavy atom. The van der Waals surface area contributed by atoms with Gasteiger partial charge in [-0.2, -0.15) is 0 Å². The first-order valence-corrected chi connectivity index (χ1v) is 16.6. The highest BCUT2D eigenvalue weighted by molar-refractivity contribution is 6.30. The minimum Gasteiger partial charge on any atom is -0.456 e. The molecule has 10 aromatic rings. The summed E-state index contributed by atoms with van der Waals surface area (Å²) in [6, 6.07) is 41.3. The van der Waals surface area contributed by atoms with Gasteiger partial charge in [-0.25, -0.2) is 0 Å². The molecule has 0 bridgehead atoms. The summed E-state index contributed by atoms with van der Waals surface area (Å²) < 4.78 is 90.0. The van der Waals surface area contributed by atoms with Gasteiger partial charge in [-0.05, 0) is 70.7 Å². The summed E-state index contributed by atoms with van der Waals surface area (Å²) in [6.07, 6.45) is 0. The van der Waals surface area contributed by atoms with Gasteiger partial charge in [0, 0.05) is 44.6 Å². The first-order valence-electron chi connectivity index (χ1n) is 21.1. The number of furan rings is 1. The van der Waals surface area contributed by atoms with Crippen LogP contribution in [0.2, 0.25) is 0 Å². The Hall–Kier alpha value is -6.84. The van der Waals surface area contributed by atoms with Crippen LogP contribution in [-0.2, 0) is 0 Å². The van der Waals surface area contributed by atoms with Crippen LogP contribution in [0.4, 0.5) is 17.1 Å². The fraction of sp³-hybridized carbons (Fsp3) is 0. The Morgan fingerprint density at radius 3 is 1.59 bits per heavy atom. The van der Waals surface area contributed by atoms with Gasteiger partial charge in [0.1, 0.15) is 11.2 Å². The molecule has 0 atom stereocenters. The SMILES string of the molecule is [2H]c1c([2H])c([2H])c2c(oc3c([2H])c(N(c4ccc(-c5ccccc5)cc4)c4ccc(-c5ccccc5)cc4)c4c(c5c([2H])c([2H])c([2H])c([2H])c5n4-c4ccccc4)c32)c1[2H]. The van der Waals surface area contributed by atoms with Crippen LogP contribution in [0.25, 0.3) is 71.7 Å². The summed E-state index contributed by atoms with van der Waals surface area (Å²) in [6.45, 7) is 0. The molecule has 3 nitrogen and oxygen atoms in total. The van der Waals surface area contributed by atoms with Crippen molar-refractivity contribution >= 4 is 60.8 Å². The van der Waals surface area contributed by atoms with E-state index in [1.165, 1.54) is 0 Å². The monoisotopic (exact) mass is 661 g/mol. The normalized spacial score (nSPS) is 14.0. The van der Waals surface area contributed by atoms with E-state index in [-0.39, 0.29) is 68.1 Å². The smallest absolute Gasteiger partial charge is 0.138 e. The fourth-order valence-electron chi connectivity index (χ4n) is 7.05. The molecule has 2 heterocycles. The second-order valence-corrected chi connectivity index (χ2v) is 12.3. The third-order valence-electron chi connectivity index (χ3n) is 9.35. The van der Waals surface area contributed by atoms with E-state index in [4.69, 9.17) is 12.6 Å². The number of para-hydroxylation sites is 3. The molecule has 0 saturated carbocycles. The van der Waals surface area contributed by atoms with Gasteiger partial charge < -0.3 is 13.9 Å². The van der Waals surface area contributed by atoms with E-state index in [0.717, 1.165) is 22.3 Å². The van der Waals surface area contributed by atoms with Crippen LogP contribution < -0.4 is 4.90 Å². The van der Waals surface area contributed by atoms with E-state index in [9.17, 15) is 4.11 Å². The lowest BCUT2D eigenvalue weighted by molar-refractivity contribution is 0.669. The molecule has 0 saturated heterocycles. The molecule has 0 fully saturated rings. The van der Waals surface area contributed by atoms with E-state index >= 15 is 0 Å². The lowest BCUT2D eigenvalue weighted by Crippen LogP contribution is -2.12. The molecule has 0 radical (unpaired) electrons. The van der Waals surface area contributed by atoms with Crippen molar-refractivity contribution in [1.82, 2.24) is 4.57 Å². The van der Waals surface area contributed by atoms with E-state index in [2.05, 4.69) is 0 Å². The van der Waals surface area contributed by atoms with E-state index in [1.54, 1.807) is 4.57 Å². The van der Waals surface area contributed by atoms with Crippen LogP contribution in [-0.4, -0.2) is 4.57 Å². The van der Waals surface area contributed by atoms with Crippen molar-refractivity contribution in [3.05, 3.63) is 194 Å². The molecule has 0 unspecified atom stereocenters. The number of fused-ring (bicyclic) bond motifs is 7. The number of hydrogen-bond acceptors (Lipinski definition) is 2. The molecular formula is C48H32N2O. The zero-order valence-corrected chi connectivity index (χ0v) is 27.1. The molecular weight excluding hydrogens is 621 g/mol. The maximum Gasteiger partial charge on any atom is 0.138 e. The van der Waals surface area contributed by atoms with Crippen LogP contribution in [0.3, 0.4) is 0 Å². The zero-order valence-electron chi connectivity index (χ0n) is 36.1. The summed E-state index contributed by atoms with van der Waals surface area (Å²) in [5.74, 6) is 0. The molecule has 0 amide bonds. The maximum absolute atomic E-state index is 10.2. The molecule has 0 N–H and O–H groups in total. The maximum atomic E-state index is 10.2. The molecule has 51 heavy (non-hydrogen) atoms. The summed E-state index contributed by atoms with van der Waals surface area (Å²) >= 11 is 0. The lowest BCUT2D eigenvalue weighted by Gasteiger charge is -2.27. The van der Waals surface area contributed by atoms with Crippen molar-refractivity contribution in [1.29, 1.82) is 0 Å². The van der Waals surface area contributed by atoms with Gasteiger partial charge >= 0.3 is 0 Å². The van der Waals surface area contributed by atoms with Gasteiger partial charge in [0.2, 0.25) is 0 Å². The number of nitrogens with zero attached hydrogens (tertiary/aromatic N) is 2. The van der Waals surface area contributed by atoms with E-state index in [0.29, 0.717) is 22.6 Å². The third kappa shape index (κ3) is 4.82. The first kappa shape index (κ1) is 21.3. The highest BCUT2D eigenvalue weighted by atomic mass is 16.3. The standard InChI is InChI=1S/C48H32N2O/c1-4-14-33(15-5-1)35-24-28-38(29-25-35)49(39-30-26-36(27-31-39)34-16-6-2-7-17-34)43-32-45-46(41-21-11-13-23-44(41)51-45)47-40-20-10-12-22-42(40)50(48(43)47)37-18-8-3-9-19-37/h1-32H/i10D,11D,12D,13D,20D,21D,22D,23D,32D.